The number of hydrogen-bond acceptors (Lipinski definition) is 2. The van der Waals surface area contributed by atoms with Crippen molar-refractivity contribution in [3.8, 4) is 0 Å². The minimum absolute atomic E-state index is 0.123. The topological polar surface area (TPSA) is 29.5 Å². The standard InChI is InChI=1S/C19H28ClNO2.C2H6/c1-5-9-19(15-7-6-8-16(20)14-15)10-12-21(13-11-19)17(22)23-18(2,3)4;1-2/h6-8,14H,5,9-13H2,1-4H3;1-2H3. The van der Waals surface area contributed by atoms with Gasteiger partial charge >= 0.3 is 6.09 Å². The van der Waals surface area contributed by atoms with Crippen LogP contribution in [-0.4, -0.2) is 29.7 Å². The van der Waals surface area contributed by atoms with Gasteiger partial charge in [-0.15, -0.1) is 0 Å². The van der Waals surface area contributed by atoms with E-state index in [4.69, 9.17) is 16.3 Å². The fourth-order valence-corrected chi connectivity index (χ4v) is 3.61. The number of benzene rings is 1. The van der Waals surface area contributed by atoms with Gasteiger partial charge in [-0.1, -0.05) is 50.9 Å². The van der Waals surface area contributed by atoms with E-state index in [1.807, 2.05) is 51.7 Å². The van der Waals surface area contributed by atoms with Crippen LogP contribution in [0.5, 0.6) is 0 Å². The fraction of sp³-hybridized carbons (Fsp3) is 0.667. The predicted octanol–water partition coefficient (Wildman–Crippen LogP) is 6.44. The van der Waals surface area contributed by atoms with E-state index < -0.39 is 5.60 Å². The third-order valence-electron chi connectivity index (χ3n) is 4.54. The highest BCUT2D eigenvalue weighted by Gasteiger charge is 2.37. The molecule has 0 atom stereocenters. The smallest absolute Gasteiger partial charge is 0.410 e. The van der Waals surface area contributed by atoms with E-state index in [9.17, 15) is 4.79 Å². The van der Waals surface area contributed by atoms with Crippen molar-refractivity contribution < 1.29 is 9.53 Å². The lowest BCUT2D eigenvalue weighted by atomic mass is 9.70. The van der Waals surface area contributed by atoms with Gasteiger partial charge in [-0.3, -0.25) is 0 Å². The van der Waals surface area contributed by atoms with Crippen LogP contribution in [0.15, 0.2) is 24.3 Å². The first-order valence-electron chi connectivity index (χ1n) is 9.50. The summed E-state index contributed by atoms with van der Waals surface area (Å²) in [5, 5.41) is 0.785. The van der Waals surface area contributed by atoms with Crippen LogP contribution < -0.4 is 0 Å². The largest absolute Gasteiger partial charge is 0.444 e. The molecule has 1 aliphatic heterocycles. The Hall–Kier alpha value is -1.22. The van der Waals surface area contributed by atoms with Gasteiger partial charge in [0.1, 0.15) is 5.60 Å². The minimum atomic E-state index is -0.442. The lowest BCUT2D eigenvalue weighted by Gasteiger charge is -2.42. The quantitative estimate of drug-likeness (QED) is 0.615. The molecule has 4 heteroatoms. The molecule has 1 saturated heterocycles. The summed E-state index contributed by atoms with van der Waals surface area (Å²) in [6.45, 7) is 13.4. The molecule has 1 amide bonds. The molecule has 0 radical (unpaired) electrons. The van der Waals surface area contributed by atoms with Crippen molar-refractivity contribution >= 4 is 17.7 Å². The number of likely N-dealkylation sites (tertiary alicyclic amines) is 1. The van der Waals surface area contributed by atoms with Gasteiger partial charge in [0.05, 0.1) is 0 Å². The molecule has 1 fully saturated rings. The Morgan fingerprint density at radius 3 is 2.32 bits per heavy atom. The number of carbonyl (C=O) groups excluding carboxylic acids is 1. The van der Waals surface area contributed by atoms with E-state index in [0.717, 1.165) is 43.8 Å². The van der Waals surface area contributed by atoms with Crippen LogP contribution in [-0.2, 0) is 10.2 Å². The number of piperidine rings is 1. The van der Waals surface area contributed by atoms with Crippen LogP contribution in [0.25, 0.3) is 0 Å². The molecular weight excluding hydrogens is 334 g/mol. The first kappa shape index (κ1) is 21.8. The predicted molar refractivity (Wildman–Crippen MR) is 106 cm³/mol. The SMILES string of the molecule is CC.CCCC1(c2cccc(Cl)c2)CCN(C(=O)OC(C)(C)C)CC1. The number of hydrogen-bond donors (Lipinski definition) is 0. The summed E-state index contributed by atoms with van der Waals surface area (Å²) in [7, 11) is 0. The molecule has 1 aromatic carbocycles. The van der Waals surface area contributed by atoms with Crippen molar-refractivity contribution in [1.82, 2.24) is 4.90 Å². The van der Waals surface area contributed by atoms with Crippen LogP contribution in [0.1, 0.15) is 72.8 Å². The van der Waals surface area contributed by atoms with E-state index in [1.165, 1.54) is 5.56 Å². The summed E-state index contributed by atoms with van der Waals surface area (Å²) in [5.41, 5.74) is 0.982. The Labute approximate surface area is 158 Å². The van der Waals surface area contributed by atoms with Crippen LogP contribution in [0.2, 0.25) is 5.02 Å². The number of halogens is 1. The maximum Gasteiger partial charge on any atom is 0.410 e. The highest BCUT2D eigenvalue weighted by molar-refractivity contribution is 6.30. The zero-order valence-electron chi connectivity index (χ0n) is 16.7. The van der Waals surface area contributed by atoms with Crippen LogP contribution >= 0.6 is 11.6 Å². The normalized spacial score (nSPS) is 16.7. The van der Waals surface area contributed by atoms with Crippen molar-refractivity contribution in [3.05, 3.63) is 34.9 Å². The second kappa shape index (κ2) is 9.47. The molecular formula is C21H34ClNO2. The van der Waals surface area contributed by atoms with E-state index in [0.29, 0.717) is 0 Å². The molecule has 0 N–H and O–H groups in total. The molecule has 1 heterocycles. The van der Waals surface area contributed by atoms with E-state index >= 15 is 0 Å². The average Bonchev–Trinajstić information content (AvgIpc) is 2.56. The zero-order valence-corrected chi connectivity index (χ0v) is 17.4. The first-order chi connectivity index (χ1) is 11.8. The van der Waals surface area contributed by atoms with E-state index in [1.54, 1.807) is 0 Å². The summed E-state index contributed by atoms with van der Waals surface area (Å²) >= 11 is 6.19. The third kappa shape index (κ3) is 6.22. The van der Waals surface area contributed by atoms with Crippen LogP contribution in [0.3, 0.4) is 0 Å². The zero-order chi connectivity index (χ0) is 19.1. The summed E-state index contributed by atoms with van der Waals surface area (Å²) in [6, 6.07) is 8.20. The van der Waals surface area contributed by atoms with Gasteiger partial charge < -0.3 is 9.64 Å². The molecule has 2 rings (SSSR count). The van der Waals surface area contributed by atoms with Gasteiger partial charge in [0, 0.05) is 18.1 Å². The molecule has 142 valence electrons. The maximum absolute atomic E-state index is 12.3. The lowest BCUT2D eigenvalue weighted by molar-refractivity contribution is 0.0158. The second-order valence-corrected chi connectivity index (χ2v) is 7.94. The summed E-state index contributed by atoms with van der Waals surface area (Å²) in [4.78, 5) is 14.1. The number of ether oxygens (including phenoxy) is 1. The van der Waals surface area contributed by atoms with Crippen molar-refractivity contribution in [2.24, 2.45) is 0 Å². The van der Waals surface area contributed by atoms with E-state index in [2.05, 4.69) is 19.1 Å². The van der Waals surface area contributed by atoms with Crippen molar-refractivity contribution in [3.63, 3.8) is 0 Å². The van der Waals surface area contributed by atoms with Crippen LogP contribution in [0, 0.1) is 0 Å². The molecule has 0 saturated carbocycles. The number of carbonyl (C=O) groups is 1. The highest BCUT2D eigenvalue weighted by atomic mass is 35.5. The van der Waals surface area contributed by atoms with Gasteiger partial charge in [0.25, 0.3) is 0 Å². The molecule has 0 aliphatic carbocycles. The third-order valence-corrected chi connectivity index (χ3v) is 4.77. The van der Waals surface area contributed by atoms with Gasteiger partial charge in [-0.25, -0.2) is 4.79 Å². The average molecular weight is 368 g/mol. The molecule has 1 aliphatic rings. The van der Waals surface area contributed by atoms with Crippen molar-refractivity contribution in [1.29, 1.82) is 0 Å². The first-order valence-corrected chi connectivity index (χ1v) is 9.87. The van der Waals surface area contributed by atoms with Gasteiger partial charge in [0.15, 0.2) is 0 Å². The molecule has 25 heavy (non-hydrogen) atoms. The number of nitrogens with zero attached hydrogens (tertiary/aromatic N) is 1. The summed E-state index contributed by atoms with van der Waals surface area (Å²) in [5.74, 6) is 0. The minimum Gasteiger partial charge on any atom is -0.444 e. The number of rotatable bonds is 3. The highest BCUT2D eigenvalue weighted by Crippen LogP contribution is 2.40. The van der Waals surface area contributed by atoms with Crippen LogP contribution in [0.4, 0.5) is 4.79 Å². The van der Waals surface area contributed by atoms with Crippen molar-refractivity contribution in [2.75, 3.05) is 13.1 Å². The molecule has 0 spiro atoms. The fourth-order valence-electron chi connectivity index (χ4n) is 3.42. The Morgan fingerprint density at radius 1 is 1.24 bits per heavy atom. The molecule has 0 aromatic heterocycles. The lowest BCUT2D eigenvalue weighted by Crippen LogP contribution is -2.46. The Morgan fingerprint density at radius 2 is 1.84 bits per heavy atom. The Bertz CT molecular complexity index is 543. The Kier molecular flexibility index (Phi) is 8.27. The Balaban J connectivity index is 0.00000151. The molecule has 1 aromatic rings. The molecule has 0 bridgehead atoms. The van der Waals surface area contributed by atoms with Gasteiger partial charge in [-0.05, 0) is 63.1 Å². The number of amides is 1. The summed E-state index contributed by atoms with van der Waals surface area (Å²) in [6.07, 6.45) is 3.96. The van der Waals surface area contributed by atoms with Crippen molar-refractivity contribution in [2.45, 2.75) is 78.2 Å². The maximum atomic E-state index is 12.3. The monoisotopic (exact) mass is 367 g/mol. The summed E-state index contributed by atoms with van der Waals surface area (Å²) < 4.78 is 5.50. The van der Waals surface area contributed by atoms with E-state index in [-0.39, 0.29) is 11.5 Å². The second-order valence-electron chi connectivity index (χ2n) is 7.51. The van der Waals surface area contributed by atoms with Gasteiger partial charge in [0.2, 0.25) is 0 Å². The van der Waals surface area contributed by atoms with Gasteiger partial charge in [-0.2, -0.15) is 0 Å². The molecule has 0 unspecified atom stereocenters. The molecule has 3 nitrogen and oxygen atoms in total.